The maximum atomic E-state index is 5.50. The van der Waals surface area contributed by atoms with Gasteiger partial charge in [-0.05, 0) is 63.5 Å². The Hall–Kier alpha value is -1.62. The minimum absolute atomic E-state index is 0.291. The number of hydrogen-bond donors (Lipinski definition) is 1. The summed E-state index contributed by atoms with van der Waals surface area (Å²) in [7, 11) is 2.25. The first kappa shape index (κ1) is 18.7. The molecule has 2 aliphatic heterocycles. The van der Waals surface area contributed by atoms with E-state index >= 15 is 0 Å². The summed E-state index contributed by atoms with van der Waals surface area (Å²) in [5.41, 5.74) is 1.81. The predicted octanol–water partition coefficient (Wildman–Crippen LogP) is 3.50. The van der Waals surface area contributed by atoms with E-state index < -0.39 is 0 Å². The van der Waals surface area contributed by atoms with Gasteiger partial charge in [0.25, 0.3) is 0 Å². The maximum absolute atomic E-state index is 5.50. The van der Waals surface area contributed by atoms with Crippen LogP contribution in [0.2, 0.25) is 0 Å². The van der Waals surface area contributed by atoms with Gasteiger partial charge in [0.05, 0.1) is 12.8 Å². The summed E-state index contributed by atoms with van der Waals surface area (Å²) >= 11 is 0. The van der Waals surface area contributed by atoms with E-state index in [0.717, 1.165) is 31.9 Å². The van der Waals surface area contributed by atoms with Crippen LogP contribution >= 0.6 is 0 Å². The lowest BCUT2D eigenvalue weighted by atomic mass is 9.72. The minimum atomic E-state index is 0.291. The molecule has 27 heavy (non-hydrogen) atoms. The van der Waals surface area contributed by atoms with Crippen molar-refractivity contribution in [2.45, 2.75) is 43.7 Å². The zero-order chi connectivity index (χ0) is 18.5. The molecule has 2 aliphatic rings. The van der Waals surface area contributed by atoms with E-state index in [2.05, 4.69) is 58.6 Å². The highest BCUT2D eigenvalue weighted by atomic mass is 16.3. The summed E-state index contributed by atoms with van der Waals surface area (Å²) in [6.45, 7) is 6.74. The van der Waals surface area contributed by atoms with Gasteiger partial charge < -0.3 is 14.6 Å². The molecule has 2 aromatic rings. The molecule has 3 heterocycles. The molecule has 0 aliphatic carbocycles. The minimum Gasteiger partial charge on any atom is -0.468 e. The van der Waals surface area contributed by atoms with Gasteiger partial charge in [-0.25, -0.2) is 0 Å². The highest BCUT2D eigenvalue weighted by Gasteiger charge is 2.36. The van der Waals surface area contributed by atoms with Crippen molar-refractivity contribution in [1.29, 1.82) is 0 Å². The number of rotatable bonds is 6. The first-order valence-corrected chi connectivity index (χ1v) is 10.5. The molecule has 1 aromatic carbocycles. The molecule has 0 atom stereocenters. The van der Waals surface area contributed by atoms with Crippen LogP contribution in [0, 0.1) is 0 Å². The first-order chi connectivity index (χ1) is 13.2. The van der Waals surface area contributed by atoms with Crippen molar-refractivity contribution in [1.82, 2.24) is 15.1 Å². The lowest BCUT2D eigenvalue weighted by Gasteiger charge is -2.43. The van der Waals surface area contributed by atoms with Gasteiger partial charge in [-0.1, -0.05) is 30.3 Å². The third-order valence-electron chi connectivity index (χ3n) is 6.61. The molecule has 4 rings (SSSR count). The topological polar surface area (TPSA) is 31.6 Å². The lowest BCUT2D eigenvalue weighted by molar-refractivity contribution is 0.154. The van der Waals surface area contributed by atoms with Crippen molar-refractivity contribution in [3.05, 3.63) is 60.1 Å². The van der Waals surface area contributed by atoms with Crippen molar-refractivity contribution in [2.75, 3.05) is 39.8 Å². The van der Waals surface area contributed by atoms with Gasteiger partial charge in [0.2, 0.25) is 0 Å². The molecule has 4 nitrogen and oxygen atoms in total. The van der Waals surface area contributed by atoms with Gasteiger partial charge in [-0.15, -0.1) is 0 Å². The van der Waals surface area contributed by atoms with E-state index in [1.807, 2.05) is 6.07 Å². The molecule has 0 unspecified atom stereocenters. The zero-order valence-corrected chi connectivity index (χ0v) is 16.6. The SMILES string of the molecule is CN1CCC(CNC2CCN(Cc3ccco3)CC2)(c2ccccc2)CC1. The number of furan rings is 1. The molecule has 1 aromatic heterocycles. The van der Waals surface area contributed by atoms with Crippen LogP contribution in [-0.4, -0.2) is 55.6 Å². The third-order valence-corrected chi connectivity index (χ3v) is 6.61. The van der Waals surface area contributed by atoms with Crippen LogP contribution in [0.4, 0.5) is 0 Å². The van der Waals surface area contributed by atoms with Crippen LogP contribution in [0.5, 0.6) is 0 Å². The molecule has 0 saturated carbocycles. The van der Waals surface area contributed by atoms with Crippen molar-refractivity contribution < 1.29 is 4.42 Å². The second kappa shape index (κ2) is 8.59. The normalized spacial score (nSPS) is 22.1. The van der Waals surface area contributed by atoms with Crippen LogP contribution in [0.15, 0.2) is 53.1 Å². The van der Waals surface area contributed by atoms with Crippen LogP contribution in [0.1, 0.15) is 37.0 Å². The summed E-state index contributed by atoms with van der Waals surface area (Å²) < 4.78 is 5.50. The van der Waals surface area contributed by atoms with E-state index in [-0.39, 0.29) is 0 Å². The Morgan fingerprint density at radius 2 is 1.74 bits per heavy atom. The number of piperidine rings is 2. The summed E-state index contributed by atoms with van der Waals surface area (Å²) in [4.78, 5) is 4.98. The molecule has 1 N–H and O–H groups in total. The van der Waals surface area contributed by atoms with E-state index in [4.69, 9.17) is 4.42 Å². The monoisotopic (exact) mass is 367 g/mol. The first-order valence-electron chi connectivity index (χ1n) is 10.5. The number of nitrogens with zero attached hydrogens (tertiary/aromatic N) is 2. The predicted molar refractivity (Wildman–Crippen MR) is 110 cm³/mol. The second-order valence-corrected chi connectivity index (χ2v) is 8.46. The summed E-state index contributed by atoms with van der Waals surface area (Å²) in [5.74, 6) is 1.08. The van der Waals surface area contributed by atoms with Gasteiger partial charge in [0, 0.05) is 31.1 Å². The maximum Gasteiger partial charge on any atom is 0.117 e. The van der Waals surface area contributed by atoms with E-state index in [1.54, 1.807) is 6.26 Å². The molecule has 4 heteroatoms. The van der Waals surface area contributed by atoms with E-state index in [0.29, 0.717) is 11.5 Å². The molecular formula is C23H33N3O. The largest absolute Gasteiger partial charge is 0.468 e. The Morgan fingerprint density at radius 3 is 2.41 bits per heavy atom. The molecule has 0 amide bonds. The number of nitrogens with one attached hydrogen (secondary N) is 1. The van der Waals surface area contributed by atoms with Gasteiger partial charge in [-0.2, -0.15) is 0 Å². The summed E-state index contributed by atoms with van der Waals surface area (Å²) in [5, 5.41) is 3.96. The Labute approximate surface area is 163 Å². The third kappa shape index (κ3) is 4.63. The average molecular weight is 368 g/mol. The highest BCUT2D eigenvalue weighted by Crippen LogP contribution is 2.35. The average Bonchev–Trinajstić information content (AvgIpc) is 3.23. The van der Waals surface area contributed by atoms with E-state index in [1.165, 1.54) is 44.3 Å². The molecule has 0 bridgehead atoms. The molecule has 146 valence electrons. The number of benzene rings is 1. The zero-order valence-electron chi connectivity index (χ0n) is 16.6. The molecule has 2 saturated heterocycles. The van der Waals surface area contributed by atoms with Crippen LogP contribution in [-0.2, 0) is 12.0 Å². The standard InChI is InChI=1S/C23H33N3O/c1-25-15-11-23(12-16-25,20-6-3-2-4-7-20)19-24-21-9-13-26(14-10-21)18-22-8-5-17-27-22/h2-8,17,21,24H,9-16,18-19H2,1H3. The second-order valence-electron chi connectivity index (χ2n) is 8.46. The molecule has 0 spiro atoms. The van der Waals surface area contributed by atoms with E-state index in [9.17, 15) is 0 Å². The Bertz CT molecular complexity index is 669. The van der Waals surface area contributed by atoms with Crippen molar-refractivity contribution >= 4 is 0 Å². The fourth-order valence-corrected chi connectivity index (χ4v) is 4.66. The molecular weight excluding hydrogens is 334 g/mol. The fourth-order valence-electron chi connectivity index (χ4n) is 4.66. The number of hydrogen-bond acceptors (Lipinski definition) is 4. The van der Waals surface area contributed by atoms with Crippen LogP contribution in [0.25, 0.3) is 0 Å². The van der Waals surface area contributed by atoms with Gasteiger partial charge >= 0.3 is 0 Å². The van der Waals surface area contributed by atoms with Gasteiger partial charge in [-0.3, -0.25) is 4.90 Å². The van der Waals surface area contributed by atoms with Crippen molar-refractivity contribution in [3.8, 4) is 0 Å². The van der Waals surface area contributed by atoms with Crippen LogP contribution in [0.3, 0.4) is 0 Å². The fraction of sp³-hybridized carbons (Fsp3) is 0.565. The quantitative estimate of drug-likeness (QED) is 0.847. The number of likely N-dealkylation sites (tertiary alicyclic amines) is 2. The Morgan fingerprint density at radius 1 is 1.00 bits per heavy atom. The summed E-state index contributed by atoms with van der Waals surface area (Å²) in [6, 6.07) is 15.9. The Kier molecular flexibility index (Phi) is 5.96. The Balaban J connectivity index is 1.32. The highest BCUT2D eigenvalue weighted by molar-refractivity contribution is 5.27. The molecule has 0 radical (unpaired) electrons. The summed E-state index contributed by atoms with van der Waals surface area (Å²) in [6.07, 6.45) is 6.72. The van der Waals surface area contributed by atoms with Crippen molar-refractivity contribution in [3.63, 3.8) is 0 Å². The van der Waals surface area contributed by atoms with Gasteiger partial charge in [0.1, 0.15) is 5.76 Å². The van der Waals surface area contributed by atoms with Gasteiger partial charge in [0.15, 0.2) is 0 Å². The van der Waals surface area contributed by atoms with Crippen molar-refractivity contribution in [2.24, 2.45) is 0 Å². The lowest BCUT2D eigenvalue weighted by Crippen LogP contribution is -2.51. The molecule has 2 fully saturated rings. The smallest absolute Gasteiger partial charge is 0.117 e. The van der Waals surface area contributed by atoms with Crippen LogP contribution < -0.4 is 5.32 Å².